The molecule has 3 heterocycles. The summed E-state index contributed by atoms with van der Waals surface area (Å²) in [6.07, 6.45) is 4.37. The number of hydrogen-bond acceptors (Lipinski definition) is 6. The van der Waals surface area contributed by atoms with Crippen LogP contribution in [-0.4, -0.2) is 48.4 Å². The zero-order valence-electron chi connectivity index (χ0n) is 13.7. The van der Waals surface area contributed by atoms with Crippen molar-refractivity contribution in [1.82, 2.24) is 19.9 Å². The van der Waals surface area contributed by atoms with Crippen LogP contribution >= 0.6 is 11.6 Å². The first-order valence-corrected chi connectivity index (χ1v) is 8.69. The second kappa shape index (κ2) is 6.79. The Morgan fingerprint density at radius 3 is 2.92 bits per heavy atom. The number of aliphatic hydroxyl groups excluding tert-OH is 2. The van der Waals surface area contributed by atoms with E-state index in [1.54, 1.807) is 12.3 Å². The number of aromatic amines is 1. The van der Waals surface area contributed by atoms with Gasteiger partial charge in [0, 0.05) is 23.3 Å². The van der Waals surface area contributed by atoms with Crippen LogP contribution in [0.15, 0.2) is 24.7 Å². The molecule has 0 saturated heterocycles. The van der Waals surface area contributed by atoms with Crippen molar-refractivity contribution in [3.8, 4) is 11.4 Å². The topological polar surface area (TPSA) is 107 Å². The summed E-state index contributed by atoms with van der Waals surface area (Å²) in [5.74, 6) is -0.343. The van der Waals surface area contributed by atoms with Crippen LogP contribution in [0.4, 0.5) is 10.2 Å². The molecule has 1 saturated carbocycles. The van der Waals surface area contributed by atoms with Gasteiger partial charge in [-0.2, -0.15) is 0 Å². The third-order valence-electron chi connectivity index (χ3n) is 4.63. The molecule has 4 N–H and O–H groups in total. The van der Waals surface area contributed by atoms with Crippen LogP contribution < -0.4 is 5.32 Å². The predicted molar refractivity (Wildman–Crippen MR) is 95.4 cm³/mol. The van der Waals surface area contributed by atoms with Crippen LogP contribution in [0.3, 0.4) is 0 Å². The van der Waals surface area contributed by atoms with Crippen LogP contribution in [0.2, 0.25) is 5.02 Å². The van der Waals surface area contributed by atoms with Crippen molar-refractivity contribution >= 4 is 28.5 Å². The van der Waals surface area contributed by atoms with Gasteiger partial charge >= 0.3 is 0 Å². The second-order valence-corrected chi connectivity index (χ2v) is 6.82. The summed E-state index contributed by atoms with van der Waals surface area (Å²) in [6.45, 7) is 0. The highest BCUT2D eigenvalue weighted by Gasteiger charge is 2.31. The van der Waals surface area contributed by atoms with E-state index in [9.17, 15) is 14.6 Å². The Bertz CT molecular complexity index is 950. The summed E-state index contributed by atoms with van der Waals surface area (Å²) in [5.41, 5.74) is 1.26. The number of fused-ring (bicyclic) bond motifs is 1. The maximum Gasteiger partial charge on any atom is 0.183 e. The number of aliphatic hydroxyl groups is 2. The molecule has 3 aromatic heterocycles. The van der Waals surface area contributed by atoms with E-state index in [1.165, 1.54) is 6.20 Å². The normalized spacial score (nSPS) is 23.3. The average molecular weight is 378 g/mol. The molecule has 0 spiro atoms. The third-order valence-corrected chi connectivity index (χ3v) is 4.83. The molecular weight excluding hydrogens is 361 g/mol. The fourth-order valence-electron chi connectivity index (χ4n) is 3.25. The van der Waals surface area contributed by atoms with E-state index in [1.807, 2.05) is 0 Å². The highest BCUT2D eigenvalue weighted by molar-refractivity contribution is 6.31. The van der Waals surface area contributed by atoms with E-state index >= 15 is 0 Å². The lowest BCUT2D eigenvalue weighted by molar-refractivity contribution is -0.0162. The summed E-state index contributed by atoms with van der Waals surface area (Å²) in [7, 11) is 0. The Morgan fingerprint density at radius 1 is 1.23 bits per heavy atom. The largest absolute Gasteiger partial charge is 0.390 e. The van der Waals surface area contributed by atoms with Crippen molar-refractivity contribution in [3.63, 3.8) is 0 Å². The molecule has 1 unspecified atom stereocenters. The maximum atomic E-state index is 14.2. The van der Waals surface area contributed by atoms with Gasteiger partial charge < -0.3 is 20.5 Å². The van der Waals surface area contributed by atoms with Gasteiger partial charge in [-0.1, -0.05) is 11.6 Å². The smallest absolute Gasteiger partial charge is 0.183 e. The standard InChI is InChI=1S/C17H17ClFN5O2/c18-8-4-9-10(6-21-15(9)20-5-8)16-22-7-11(19)17(24-16)23-12-2-1-3-13(25)14(12)26/h4-7,12-14,25-26H,1-3H2,(H,20,21)(H,22,23,24)/t12?,13-,14+/m1/s1. The van der Waals surface area contributed by atoms with Gasteiger partial charge in [-0.3, -0.25) is 0 Å². The first-order chi connectivity index (χ1) is 12.5. The minimum Gasteiger partial charge on any atom is -0.390 e. The van der Waals surface area contributed by atoms with Crippen LogP contribution in [0.25, 0.3) is 22.4 Å². The van der Waals surface area contributed by atoms with Gasteiger partial charge in [0.25, 0.3) is 0 Å². The summed E-state index contributed by atoms with van der Waals surface area (Å²) in [5, 5.41) is 24.0. The van der Waals surface area contributed by atoms with E-state index in [-0.39, 0.29) is 5.82 Å². The van der Waals surface area contributed by atoms with Gasteiger partial charge in [0.1, 0.15) is 5.65 Å². The van der Waals surface area contributed by atoms with Crippen LogP contribution in [0, 0.1) is 5.82 Å². The molecule has 9 heteroatoms. The first-order valence-electron chi connectivity index (χ1n) is 8.31. The number of hydrogen-bond donors (Lipinski definition) is 4. The molecule has 1 aliphatic carbocycles. The number of pyridine rings is 1. The van der Waals surface area contributed by atoms with E-state index < -0.39 is 24.1 Å². The van der Waals surface area contributed by atoms with Gasteiger partial charge in [0.05, 0.1) is 29.5 Å². The molecule has 3 aromatic rings. The Balaban J connectivity index is 1.68. The van der Waals surface area contributed by atoms with E-state index in [0.717, 1.165) is 18.0 Å². The number of halogens is 2. The predicted octanol–water partition coefficient (Wildman–Crippen LogP) is 2.50. The molecule has 7 nitrogen and oxygen atoms in total. The second-order valence-electron chi connectivity index (χ2n) is 6.38. The lowest BCUT2D eigenvalue weighted by Crippen LogP contribution is -2.45. The molecule has 1 aliphatic rings. The molecule has 136 valence electrons. The number of nitrogens with zero attached hydrogens (tertiary/aromatic N) is 3. The van der Waals surface area contributed by atoms with Crippen LogP contribution in [0.1, 0.15) is 19.3 Å². The number of anilines is 1. The summed E-state index contributed by atoms with van der Waals surface area (Å²) in [4.78, 5) is 15.5. The number of aromatic nitrogens is 4. The van der Waals surface area contributed by atoms with Crippen molar-refractivity contribution in [3.05, 3.63) is 35.5 Å². The molecule has 3 atom stereocenters. The molecule has 4 rings (SSSR count). The van der Waals surface area contributed by atoms with Crippen molar-refractivity contribution < 1.29 is 14.6 Å². The van der Waals surface area contributed by atoms with Crippen LogP contribution in [-0.2, 0) is 0 Å². The molecule has 0 bridgehead atoms. The van der Waals surface area contributed by atoms with E-state index in [2.05, 4.69) is 25.3 Å². The summed E-state index contributed by atoms with van der Waals surface area (Å²) >= 11 is 6.01. The molecule has 0 amide bonds. The van der Waals surface area contributed by atoms with Gasteiger partial charge in [-0.15, -0.1) is 0 Å². The summed E-state index contributed by atoms with van der Waals surface area (Å²) < 4.78 is 14.2. The third kappa shape index (κ3) is 3.11. The van der Waals surface area contributed by atoms with Gasteiger partial charge in [-0.25, -0.2) is 19.3 Å². The maximum absolute atomic E-state index is 14.2. The zero-order valence-corrected chi connectivity index (χ0v) is 14.4. The molecule has 0 aliphatic heterocycles. The Labute approximate surface area is 153 Å². The van der Waals surface area contributed by atoms with E-state index in [0.29, 0.717) is 34.9 Å². The molecule has 1 fully saturated rings. The lowest BCUT2D eigenvalue weighted by atomic mass is 9.90. The Kier molecular flexibility index (Phi) is 4.47. The average Bonchev–Trinajstić information content (AvgIpc) is 3.04. The number of rotatable bonds is 3. The molecule has 0 aromatic carbocycles. The van der Waals surface area contributed by atoms with Gasteiger partial charge in [0.15, 0.2) is 17.5 Å². The minimum atomic E-state index is -0.974. The zero-order chi connectivity index (χ0) is 18.3. The minimum absolute atomic E-state index is 0.0162. The molecule has 26 heavy (non-hydrogen) atoms. The fraction of sp³-hybridized carbons (Fsp3) is 0.353. The highest BCUT2D eigenvalue weighted by atomic mass is 35.5. The van der Waals surface area contributed by atoms with Gasteiger partial charge in [-0.05, 0) is 25.3 Å². The van der Waals surface area contributed by atoms with E-state index in [4.69, 9.17) is 11.6 Å². The monoisotopic (exact) mass is 377 g/mol. The van der Waals surface area contributed by atoms with Gasteiger partial charge in [0.2, 0.25) is 0 Å². The van der Waals surface area contributed by atoms with Crippen molar-refractivity contribution in [2.24, 2.45) is 0 Å². The van der Waals surface area contributed by atoms with Crippen LogP contribution in [0.5, 0.6) is 0 Å². The molecular formula is C17H17ClFN5O2. The van der Waals surface area contributed by atoms with Crippen molar-refractivity contribution in [2.75, 3.05) is 5.32 Å². The van der Waals surface area contributed by atoms with Crippen molar-refractivity contribution in [2.45, 2.75) is 37.5 Å². The Hall–Kier alpha value is -2.29. The number of nitrogens with one attached hydrogen (secondary N) is 2. The fourth-order valence-corrected chi connectivity index (χ4v) is 3.41. The summed E-state index contributed by atoms with van der Waals surface area (Å²) in [6, 6.07) is 1.26. The lowest BCUT2D eigenvalue weighted by Gasteiger charge is -2.32. The number of H-pyrrole nitrogens is 1. The SMILES string of the molecule is O[C@@H]1CCCC(Nc2nc(-c3c[nH]c4ncc(Cl)cc34)ncc2F)[C@@H]1O. The highest BCUT2D eigenvalue weighted by Crippen LogP contribution is 2.29. The van der Waals surface area contributed by atoms with Crippen molar-refractivity contribution in [1.29, 1.82) is 0 Å². The Morgan fingerprint density at radius 2 is 2.08 bits per heavy atom. The first kappa shape index (κ1) is 17.1. The molecule has 0 radical (unpaired) electrons. The quantitative estimate of drug-likeness (QED) is 0.558.